The molecule has 1 atom stereocenters. The first-order valence-electron chi connectivity index (χ1n) is 9.00. The maximum Gasteiger partial charge on any atom is 0.410 e. The third kappa shape index (κ3) is 5.05. The second-order valence-corrected chi connectivity index (χ2v) is 7.68. The van der Waals surface area contributed by atoms with Crippen LogP contribution in [0.1, 0.15) is 39.7 Å². The summed E-state index contributed by atoms with van der Waals surface area (Å²) in [5, 5.41) is 0. The van der Waals surface area contributed by atoms with Crippen molar-refractivity contribution in [1.29, 1.82) is 0 Å². The molecular formula is C20H26FNO5. The topological polar surface area (TPSA) is 72.9 Å². The van der Waals surface area contributed by atoms with Gasteiger partial charge in [-0.3, -0.25) is 9.59 Å². The SMILES string of the molecule is CCOC(=O)[C@@]1(Cc2ccc(F)cc2)CN(C(=O)OC(C)(C)C)CCC1=O. The molecule has 0 spiro atoms. The quantitative estimate of drug-likeness (QED) is 0.594. The van der Waals surface area contributed by atoms with Gasteiger partial charge in [0, 0.05) is 19.5 Å². The Hall–Kier alpha value is -2.44. The Balaban J connectivity index is 2.34. The third-order valence-electron chi connectivity index (χ3n) is 4.34. The number of carbonyl (C=O) groups excluding carboxylic acids is 3. The normalized spacial score (nSPS) is 20.3. The van der Waals surface area contributed by atoms with Gasteiger partial charge in [0.05, 0.1) is 6.61 Å². The van der Waals surface area contributed by atoms with Crippen LogP contribution in [0.15, 0.2) is 24.3 Å². The van der Waals surface area contributed by atoms with Crippen LogP contribution >= 0.6 is 0 Å². The molecule has 0 aliphatic carbocycles. The van der Waals surface area contributed by atoms with Gasteiger partial charge in [0.2, 0.25) is 0 Å². The zero-order valence-electron chi connectivity index (χ0n) is 16.2. The Morgan fingerprint density at radius 3 is 2.41 bits per heavy atom. The van der Waals surface area contributed by atoms with E-state index in [1.54, 1.807) is 27.7 Å². The molecule has 0 saturated carbocycles. The van der Waals surface area contributed by atoms with Gasteiger partial charge >= 0.3 is 12.1 Å². The van der Waals surface area contributed by atoms with Crippen LogP contribution in [0.2, 0.25) is 0 Å². The minimum Gasteiger partial charge on any atom is -0.465 e. The van der Waals surface area contributed by atoms with E-state index in [0.29, 0.717) is 5.56 Å². The zero-order chi connectivity index (χ0) is 20.2. The molecule has 1 aliphatic heterocycles. The Labute approximate surface area is 158 Å². The van der Waals surface area contributed by atoms with Crippen LogP contribution in [-0.4, -0.2) is 48.0 Å². The number of hydrogen-bond acceptors (Lipinski definition) is 5. The minimum atomic E-state index is -1.52. The van der Waals surface area contributed by atoms with Crippen LogP contribution in [0.3, 0.4) is 0 Å². The molecule has 0 radical (unpaired) electrons. The van der Waals surface area contributed by atoms with E-state index in [0.717, 1.165) is 0 Å². The van der Waals surface area contributed by atoms with Crippen molar-refractivity contribution >= 4 is 17.8 Å². The molecule has 1 aromatic carbocycles. The fourth-order valence-corrected chi connectivity index (χ4v) is 3.08. The number of esters is 1. The van der Waals surface area contributed by atoms with Gasteiger partial charge in [-0.15, -0.1) is 0 Å². The zero-order valence-corrected chi connectivity index (χ0v) is 16.2. The second kappa shape index (κ2) is 8.06. The van der Waals surface area contributed by atoms with Gasteiger partial charge in [-0.25, -0.2) is 9.18 Å². The van der Waals surface area contributed by atoms with E-state index in [2.05, 4.69) is 0 Å². The molecule has 148 valence electrons. The number of halogens is 1. The molecule has 1 fully saturated rings. The summed E-state index contributed by atoms with van der Waals surface area (Å²) in [6.45, 7) is 7.06. The van der Waals surface area contributed by atoms with Crippen LogP contribution < -0.4 is 0 Å². The Kier molecular flexibility index (Phi) is 6.23. The summed E-state index contributed by atoms with van der Waals surface area (Å²) in [4.78, 5) is 39.4. The summed E-state index contributed by atoms with van der Waals surface area (Å²) >= 11 is 0. The molecule has 0 N–H and O–H groups in total. The number of ether oxygens (including phenoxy) is 2. The number of carbonyl (C=O) groups is 3. The second-order valence-electron chi connectivity index (χ2n) is 7.68. The molecule has 1 amide bonds. The smallest absolute Gasteiger partial charge is 0.410 e. The van der Waals surface area contributed by atoms with Gasteiger partial charge in [0.25, 0.3) is 0 Å². The van der Waals surface area contributed by atoms with E-state index in [4.69, 9.17) is 9.47 Å². The third-order valence-corrected chi connectivity index (χ3v) is 4.34. The molecule has 1 heterocycles. The first kappa shape index (κ1) is 20.9. The molecule has 0 aromatic heterocycles. The van der Waals surface area contributed by atoms with Crippen LogP contribution in [0.4, 0.5) is 9.18 Å². The maximum absolute atomic E-state index is 13.2. The summed E-state index contributed by atoms with van der Waals surface area (Å²) in [6.07, 6.45) is -0.522. The Bertz CT molecular complexity index is 710. The highest BCUT2D eigenvalue weighted by Gasteiger charge is 2.51. The minimum absolute atomic E-state index is 0.0270. The van der Waals surface area contributed by atoms with Crippen molar-refractivity contribution in [3.05, 3.63) is 35.6 Å². The summed E-state index contributed by atoms with van der Waals surface area (Å²) in [5.74, 6) is -1.37. The number of ketones is 1. The van der Waals surface area contributed by atoms with E-state index in [-0.39, 0.29) is 38.3 Å². The highest BCUT2D eigenvalue weighted by atomic mass is 19.1. The average Bonchev–Trinajstić information content (AvgIpc) is 2.57. The number of amides is 1. The van der Waals surface area contributed by atoms with Gasteiger partial charge in [-0.1, -0.05) is 12.1 Å². The Morgan fingerprint density at radius 2 is 1.85 bits per heavy atom. The van der Waals surface area contributed by atoms with Crippen molar-refractivity contribution in [3.63, 3.8) is 0 Å². The lowest BCUT2D eigenvalue weighted by Crippen LogP contribution is -2.57. The van der Waals surface area contributed by atoms with Gasteiger partial charge in [0.1, 0.15) is 16.8 Å². The lowest BCUT2D eigenvalue weighted by atomic mass is 9.74. The van der Waals surface area contributed by atoms with Gasteiger partial charge in [0.15, 0.2) is 5.78 Å². The number of Topliss-reactive ketones (excluding diaryl/α,β-unsaturated/α-hetero) is 1. The molecule has 2 rings (SSSR count). The average molecular weight is 379 g/mol. The number of benzene rings is 1. The predicted molar refractivity (Wildman–Crippen MR) is 96.6 cm³/mol. The number of hydrogen-bond donors (Lipinski definition) is 0. The van der Waals surface area contributed by atoms with Crippen molar-refractivity contribution < 1.29 is 28.2 Å². The van der Waals surface area contributed by atoms with Crippen molar-refractivity contribution in [2.24, 2.45) is 5.41 Å². The summed E-state index contributed by atoms with van der Waals surface area (Å²) < 4.78 is 23.8. The monoisotopic (exact) mass is 379 g/mol. The maximum atomic E-state index is 13.2. The molecular weight excluding hydrogens is 353 g/mol. The van der Waals surface area contributed by atoms with Crippen LogP contribution in [0.5, 0.6) is 0 Å². The summed E-state index contributed by atoms with van der Waals surface area (Å²) in [7, 11) is 0. The molecule has 1 saturated heterocycles. The standard InChI is InChI=1S/C20H26FNO5/c1-5-26-17(24)20(12-14-6-8-15(21)9-7-14)13-22(11-10-16(20)23)18(25)27-19(2,3)4/h6-9H,5,10-13H2,1-4H3/t20-/m0/s1. The lowest BCUT2D eigenvalue weighted by molar-refractivity contribution is -0.163. The largest absolute Gasteiger partial charge is 0.465 e. The van der Waals surface area contributed by atoms with Gasteiger partial charge in [-0.2, -0.15) is 0 Å². The molecule has 1 aromatic rings. The Morgan fingerprint density at radius 1 is 1.22 bits per heavy atom. The first-order valence-corrected chi connectivity index (χ1v) is 9.00. The molecule has 1 aliphatic rings. The van der Waals surface area contributed by atoms with Gasteiger partial charge < -0.3 is 14.4 Å². The lowest BCUT2D eigenvalue weighted by Gasteiger charge is -2.40. The van der Waals surface area contributed by atoms with Crippen LogP contribution in [0, 0.1) is 11.2 Å². The first-order chi connectivity index (χ1) is 12.6. The molecule has 6 nitrogen and oxygen atoms in total. The van der Waals surface area contributed by atoms with Crippen molar-refractivity contribution in [1.82, 2.24) is 4.90 Å². The molecule has 27 heavy (non-hydrogen) atoms. The molecule has 0 unspecified atom stereocenters. The van der Waals surface area contributed by atoms with Crippen LogP contribution in [0.25, 0.3) is 0 Å². The number of rotatable bonds is 4. The summed E-state index contributed by atoms with van der Waals surface area (Å²) in [6, 6.07) is 5.59. The molecule has 0 bridgehead atoms. The highest BCUT2D eigenvalue weighted by Crippen LogP contribution is 2.33. The van der Waals surface area contributed by atoms with Crippen molar-refractivity contribution in [2.75, 3.05) is 19.7 Å². The van der Waals surface area contributed by atoms with Crippen molar-refractivity contribution in [2.45, 2.75) is 46.1 Å². The van der Waals surface area contributed by atoms with E-state index >= 15 is 0 Å². The fourth-order valence-electron chi connectivity index (χ4n) is 3.08. The highest BCUT2D eigenvalue weighted by molar-refractivity contribution is 6.05. The van der Waals surface area contributed by atoms with E-state index in [1.165, 1.54) is 29.2 Å². The van der Waals surface area contributed by atoms with E-state index in [9.17, 15) is 18.8 Å². The van der Waals surface area contributed by atoms with E-state index < -0.39 is 28.9 Å². The number of nitrogens with zero attached hydrogens (tertiary/aromatic N) is 1. The number of piperidine rings is 1. The van der Waals surface area contributed by atoms with Crippen LogP contribution in [-0.2, 0) is 25.5 Å². The van der Waals surface area contributed by atoms with E-state index in [1.807, 2.05) is 0 Å². The van der Waals surface area contributed by atoms with Gasteiger partial charge in [-0.05, 0) is 51.8 Å². The molecule has 7 heteroatoms. The fraction of sp³-hybridized carbons (Fsp3) is 0.550. The summed E-state index contributed by atoms with van der Waals surface area (Å²) in [5.41, 5.74) is -1.60. The predicted octanol–water partition coefficient (Wildman–Crippen LogP) is 3.13. The van der Waals surface area contributed by atoms with Crippen molar-refractivity contribution in [3.8, 4) is 0 Å². The number of likely N-dealkylation sites (tertiary alicyclic amines) is 1.